The number of nitrogens with zero attached hydrogens (tertiary/aromatic N) is 6. The van der Waals surface area contributed by atoms with E-state index in [0.29, 0.717) is 23.1 Å². The summed E-state index contributed by atoms with van der Waals surface area (Å²) in [6, 6.07) is 13.4. The second-order valence-electron chi connectivity index (χ2n) is 9.60. The fraction of sp³-hybridized carbons (Fsp3) is 0.385. The third-order valence-corrected chi connectivity index (χ3v) is 7.20. The molecule has 192 valence electrons. The van der Waals surface area contributed by atoms with E-state index in [2.05, 4.69) is 41.5 Å². The van der Waals surface area contributed by atoms with Gasteiger partial charge in [-0.3, -0.25) is 5.10 Å². The quantitative estimate of drug-likeness (QED) is 0.362. The Morgan fingerprint density at radius 1 is 0.946 bits per heavy atom. The number of H-pyrrole nitrogens is 1. The third-order valence-electron chi connectivity index (χ3n) is 7.20. The number of hydrogen-bond donors (Lipinski definition) is 2. The molecule has 0 spiro atoms. The van der Waals surface area contributed by atoms with Crippen LogP contribution in [0.5, 0.6) is 0 Å². The zero-order chi connectivity index (χ0) is 25.4. The first-order valence-electron chi connectivity index (χ1n) is 12.6. The molecule has 1 aliphatic heterocycles. The topological polar surface area (TPSA) is 87.5 Å². The fourth-order valence-corrected chi connectivity index (χ4v) is 5.33. The molecule has 1 aromatic carbocycles. The zero-order valence-corrected chi connectivity index (χ0v) is 20.2. The number of aromatic nitrogens is 6. The van der Waals surface area contributed by atoms with Crippen molar-refractivity contribution in [3.63, 3.8) is 0 Å². The van der Waals surface area contributed by atoms with Gasteiger partial charge in [0.05, 0.1) is 11.4 Å². The largest absolute Gasteiger partial charge is 0.453 e. The molecule has 6 rings (SSSR count). The number of halogens is 3. The first-order valence-corrected chi connectivity index (χ1v) is 12.6. The minimum Gasteiger partial charge on any atom is -0.324 e. The van der Waals surface area contributed by atoms with E-state index < -0.39 is 12.0 Å². The van der Waals surface area contributed by atoms with Crippen molar-refractivity contribution >= 4 is 11.6 Å². The summed E-state index contributed by atoms with van der Waals surface area (Å²) in [7, 11) is 0. The number of anilines is 2. The van der Waals surface area contributed by atoms with Crippen LogP contribution in [0.1, 0.15) is 42.6 Å². The van der Waals surface area contributed by atoms with Crippen molar-refractivity contribution in [1.82, 2.24) is 34.8 Å². The molecular weight excluding hydrogens is 481 g/mol. The van der Waals surface area contributed by atoms with E-state index in [9.17, 15) is 13.2 Å². The molecule has 1 atom stereocenters. The first kappa shape index (κ1) is 23.7. The predicted octanol–water partition coefficient (Wildman–Crippen LogP) is 5.16. The Morgan fingerprint density at radius 2 is 1.76 bits per heavy atom. The minimum absolute atomic E-state index is 0.0508. The summed E-state index contributed by atoms with van der Waals surface area (Å²) in [4.78, 5) is 10.9. The van der Waals surface area contributed by atoms with E-state index in [-0.39, 0.29) is 11.8 Å². The highest BCUT2D eigenvalue weighted by atomic mass is 19.4. The highest BCUT2D eigenvalue weighted by Crippen LogP contribution is 2.32. The number of nitrogens with one attached hydrogen (secondary N) is 2. The molecule has 1 saturated heterocycles. The predicted molar refractivity (Wildman–Crippen MR) is 133 cm³/mol. The van der Waals surface area contributed by atoms with Crippen LogP contribution in [-0.2, 0) is 19.0 Å². The van der Waals surface area contributed by atoms with Gasteiger partial charge in [0, 0.05) is 17.9 Å². The molecule has 0 radical (unpaired) electrons. The van der Waals surface area contributed by atoms with Gasteiger partial charge in [0.2, 0.25) is 5.95 Å². The molecule has 8 nitrogen and oxygen atoms in total. The number of hydrogen-bond acceptors (Lipinski definition) is 6. The number of aromatic amines is 1. The van der Waals surface area contributed by atoms with Crippen molar-refractivity contribution in [2.45, 2.75) is 50.7 Å². The van der Waals surface area contributed by atoms with Crippen molar-refractivity contribution in [2.24, 2.45) is 0 Å². The Kier molecular flexibility index (Phi) is 6.15. The number of aryl methyl sites for hydroxylation is 2. The van der Waals surface area contributed by atoms with Gasteiger partial charge in [-0.25, -0.2) is 4.98 Å². The number of fused-ring (bicyclic) bond motifs is 1. The van der Waals surface area contributed by atoms with Crippen LogP contribution in [0.25, 0.3) is 17.2 Å². The number of rotatable bonds is 5. The fourth-order valence-electron chi connectivity index (χ4n) is 5.33. The van der Waals surface area contributed by atoms with Crippen molar-refractivity contribution in [2.75, 3.05) is 18.4 Å². The second-order valence-corrected chi connectivity index (χ2v) is 9.60. The Morgan fingerprint density at radius 3 is 2.51 bits per heavy atom. The molecule has 3 aromatic heterocycles. The summed E-state index contributed by atoms with van der Waals surface area (Å²) in [5.41, 5.74) is 4.38. The van der Waals surface area contributed by atoms with Crippen LogP contribution < -0.4 is 5.32 Å². The van der Waals surface area contributed by atoms with Crippen LogP contribution in [0.15, 0.2) is 48.7 Å². The summed E-state index contributed by atoms with van der Waals surface area (Å²) in [5.74, 6) is -1.07. The summed E-state index contributed by atoms with van der Waals surface area (Å²) in [6.45, 7) is 2.36. The van der Waals surface area contributed by atoms with E-state index in [1.54, 1.807) is 30.5 Å². The van der Waals surface area contributed by atoms with Gasteiger partial charge >= 0.3 is 6.18 Å². The van der Waals surface area contributed by atoms with Crippen molar-refractivity contribution in [3.8, 4) is 17.2 Å². The standard InChI is InChI=1S/C26H27F3N8/c27-26(28,29)24-33-25(37(35-24)23-5-3-4-21(32-23)22-12-13-30-34-22)31-19-9-6-17-7-10-20(11-8-18(17)16-19)36-14-1-2-15-36/h3-6,9,12-13,16,20H,1-2,7-8,10-11,14-15H2,(H,30,34)(H,31,33,35). The van der Waals surface area contributed by atoms with E-state index in [1.165, 1.54) is 37.1 Å². The second kappa shape index (κ2) is 9.62. The number of pyridine rings is 1. The van der Waals surface area contributed by atoms with Crippen molar-refractivity contribution < 1.29 is 13.2 Å². The minimum atomic E-state index is -4.69. The van der Waals surface area contributed by atoms with Gasteiger partial charge in [0.25, 0.3) is 5.82 Å². The van der Waals surface area contributed by atoms with Crippen LogP contribution in [0, 0.1) is 0 Å². The Balaban J connectivity index is 1.29. The smallest absolute Gasteiger partial charge is 0.324 e. The van der Waals surface area contributed by atoms with Crippen LogP contribution in [0.4, 0.5) is 24.8 Å². The summed E-state index contributed by atoms with van der Waals surface area (Å²) < 4.78 is 41.8. The maximum atomic E-state index is 13.6. The molecule has 1 unspecified atom stereocenters. The summed E-state index contributed by atoms with van der Waals surface area (Å²) in [6.07, 6.45) is 3.63. The molecule has 1 aliphatic carbocycles. The molecule has 0 amide bonds. The van der Waals surface area contributed by atoms with E-state index in [0.717, 1.165) is 30.4 Å². The molecule has 1 fully saturated rings. The molecule has 0 bridgehead atoms. The zero-order valence-electron chi connectivity index (χ0n) is 20.2. The van der Waals surface area contributed by atoms with Crippen molar-refractivity contribution in [3.05, 3.63) is 65.6 Å². The van der Waals surface area contributed by atoms with Crippen LogP contribution in [0.2, 0.25) is 0 Å². The maximum Gasteiger partial charge on any atom is 0.453 e. The van der Waals surface area contributed by atoms with Gasteiger partial charge in [-0.1, -0.05) is 12.1 Å². The highest BCUT2D eigenvalue weighted by Gasteiger charge is 2.37. The van der Waals surface area contributed by atoms with Gasteiger partial charge in [-0.15, -0.1) is 5.10 Å². The normalized spacial score (nSPS) is 18.5. The van der Waals surface area contributed by atoms with E-state index in [4.69, 9.17) is 0 Å². The SMILES string of the molecule is FC(F)(F)c1nc(Nc2ccc3c(c2)CCC(N2CCCC2)CC3)n(-c2cccc(-c3ccn[nH]3)n2)n1. The van der Waals surface area contributed by atoms with Crippen LogP contribution >= 0.6 is 0 Å². The molecule has 11 heteroatoms. The van der Waals surface area contributed by atoms with E-state index in [1.807, 2.05) is 12.1 Å². The molecule has 0 saturated carbocycles. The Hall–Kier alpha value is -3.73. The molecule has 4 heterocycles. The molecular formula is C26H27F3N8. The molecule has 2 N–H and O–H groups in total. The summed E-state index contributed by atoms with van der Waals surface area (Å²) in [5, 5.41) is 13.6. The van der Waals surface area contributed by atoms with Crippen LogP contribution in [-0.4, -0.2) is 54.0 Å². The summed E-state index contributed by atoms with van der Waals surface area (Å²) >= 11 is 0. The van der Waals surface area contributed by atoms with Gasteiger partial charge in [0.1, 0.15) is 0 Å². The Bertz CT molecular complexity index is 1370. The lowest BCUT2D eigenvalue weighted by atomic mass is 10.0. The third kappa shape index (κ3) is 4.95. The van der Waals surface area contributed by atoms with Gasteiger partial charge in [0.15, 0.2) is 5.82 Å². The van der Waals surface area contributed by atoms with Gasteiger partial charge in [-0.2, -0.15) is 27.9 Å². The highest BCUT2D eigenvalue weighted by molar-refractivity contribution is 5.59. The van der Waals surface area contributed by atoms with Crippen molar-refractivity contribution in [1.29, 1.82) is 0 Å². The number of likely N-dealkylation sites (tertiary alicyclic amines) is 1. The lowest BCUT2D eigenvalue weighted by Gasteiger charge is -2.25. The van der Waals surface area contributed by atoms with E-state index >= 15 is 0 Å². The average Bonchev–Trinajstić information content (AvgIpc) is 3.65. The average molecular weight is 509 g/mol. The van der Waals surface area contributed by atoms with Gasteiger partial charge in [-0.05, 0) is 93.1 Å². The number of alkyl halides is 3. The molecule has 4 aromatic rings. The molecule has 37 heavy (non-hydrogen) atoms. The molecule has 2 aliphatic rings. The van der Waals surface area contributed by atoms with Gasteiger partial charge < -0.3 is 10.2 Å². The maximum absolute atomic E-state index is 13.6. The van der Waals surface area contributed by atoms with Crippen LogP contribution in [0.3, 0.4) is 0 Å². The Labute approximate surface area is 211 Å². The number of benzene rings is 1. The first-order chi connectivity index (χ1) is 17.9. The lowest BCUT2D eigenvalue weighted by molar-refractivity contribution is -0.144. The monoisotopic (exact) mass is 508 g/mol. The lowest BCUT2D eigenvalue weighted by Crippen LogP contribution is -2.32.